The van der Waals surface area contributed by atoms with Crippen LogP contribution in [0.5, 0.6) is 0 Å². The molecule has 1 amide bonds. The summed E-state index contributed by atoms with van der Waals surface area (Å²) in [4.78, 5) is 26.2. The summed E-state index contributed by atoms with van der Waals surface area (Å²) in [5, 5.41) is 2.79. The molecule has 2 aromatic rings. The third kappa shape index (κ3) is 4.42. The van der Waals surface area contributed by atoms with E-state index >= 15 is 0 Å². The second-order valence-corrected chi connectivity index (χ2v) is 6.54. The Morgan fingerprint density at radius 1 is 1.26 bits per heavy atom. The zero-order valence-corrected chi connectivity index (χ0v) is 14.4. The van der Waals surface area contributed by atoms with Crippen LogP contribution < -0.4 is 5.32 Å². The molecule has 1 unspecified atom stereocenters. The zero-order valence-electron chi connectivity index (χ0n) is 13.6. The molecule has 0 aliphatic heterocycles. The molecule has 23 heavy (non-hydrogen) atoms. The highest BCUT2D eigenvalue weighted by Gasteiger charge is 2.23. The molecule has 1 N–H and O–H groups in total. The number of benzene rings is 1. The second kappa shape index (κ2) is 7.92. The number of carbonyl (C=O) groups excluding carboxylic acids is 2. The molecule has 122 valence electrons. The molecule has 0 saturated heterocycles. The number of esters is 1. The summed E-state index contributed by atoms with van der Waals surface area (Å²) in [6.07, 6.45) is 1.30. The van der Waals surface area contributed by atoms with Crippen molar-refractivity contribution in [3.63, 3.8) is 0 Å². The minimum atomic E-state index is -0.692. The van der Waals surface area contributed by atoms with E-state index in [1.807, 2.05) is 43.3 Å². The topological polar surface area (TPSA) is 55.4 Å². The molecule has 0 radical (unpaired) electrons. The number of carbonyl (C=O) groups is 2. The van der Waals surface area contributed by atoms with Crippen molar-refractivity contribution in [1.29, 1.82) is 0 Å². The van der Waals surface area contributed by atoms with Gasteiger partial charge in [0.25, 0.3) is 5.91 Å². The number of rotatable bonds is 6. The minimum Gasteiger partial charge on any atom is -0.467 e. The van der Waals surface area contributed by atoms with Crippen molar-refractivity contribution < 1.29 is 14.3 Å². The molecule has 1 atom stereocenters. The van der Waals surface area contributed by atoms with Crippen LogP contribution in [-0.4, -0.2) is 25.0 Å². The number of hydrogen-bond acceptors (Lipinski definition) is 4. The van der Waals surface area contributed by atoms with Gasteiger partial charge in [-0.15, -0.1) is 11.3 Å². The van der Waals surface area contributed by atoms with Crippen molar-refractivity contribution in [3.8, 4) is 0 Å². The maximum absolute atomic E-state index is 12.4. The van der Waals surface area contributed by atoms with E-state index in [9.17, 15) is 9.59 Å². The quantitative estimate of drug-likeness (QED) is 0.828. The van der Waals surface area contributed by atoms with Gasteiger partial charge in [-0.25, -0.2) is 4.79 Å². The van der Waals surface area contributed by atoms with Crippen LogP contribution in [0.1, 0.15) is 32.6 Å². The zero-order chi connectivity index (χ0) is 16.8. The number of amides is 1. The first-order chi connectivity index (χ1) is 11.0. The smallest absolute Gasteiger partial charge is 0.328 e. The third-order valence-corrected chi connectivity index (χ3v) is 4.79. The number of thiophene rings is 1. The number of methoxy groups -OCH3 is 1. The molecule has 2 rings (SSSR count). The second-order valence-electron chi connectivity index (χ2n) is 5.28. The maximum atomic E-state index is 12.4. The Morgan fingerprint density at radius 2 is 1.96 bits per heavy atom. The van der Waals surface area contributed by atoms with Crippen LogP contribution in [0.2, 0.25) is 0 Å². The Bertz CT molecular complexity index is 679. The Kier molecular flexibility index (Phi) is 5.93. The first-order valence-electron chi connectivity index (χ1n) is 7.57. The molecule has 1 heterocycles. The maximum Gasteiger partial charge on any atom is 0.328 e. The van der Waals surface area contributed by atoms with Gasteiger partial charge in [0.15, 0.2) is 0 Å². The average molecular weight is 331 g/mol. The number of aryl methyl sites for hydroxylation is 2. The SMILES string of the molecule is CCc1cc(C(=O)NC(Cc2ccccc2)C(=O)OC)sc1C. The molecule has 0 aliphatic carbocycles. The summed E-state index contributed by atoms with van der Waals surface area (Å²) in [5.41, 5.74) is 2.14. The monoisotopic (exact) mass is 331 g/mol. The van der Waals surface area contributed by atoms with Gasteiger partial charge in [-0.2, -0.15) is 0 Å². The Hall–Kier alpha value is -2.14. The lowest BCUT2D eigenvalue weighted by atomic mass is 10.1. The van der Waals surface area contributed by atoms with E-state index in [4.69, 9.17) is 4.74 Å². The molecule has 0 saturated carbocycles. The standard InChI is InChI=1S/C18H21NO3S/c1-4-14-11-16(23-12(14)2)17(20)19-15(18(21)22-3)10-13-8-6-5-7-9-13/h5-9,11,15H,4,10H2,1-3H3,(H,19,20). The number of hydrogen-bond donors (Lipinski definition) is 1. The number of ether oxygens (including phenoxy) is 1. The predicted octanol–water partition coefficient (Wildman–Crippen LogP) is 3.13. The molecule has 0 fully saturated rings. The molecule has 5 heteroatoms. The van der Waals surface area contributed by atoms with Gasteiger partial charge in [0.1, 0.15) is 6.04 Å². The van der Waals surface area contributed by atoms with Crippen LogP contribution in [0, 0.1) is 6.92 Å². The van der Waals surface area contributed by atoms with Gasteiger partial charge < -0.3 is 10.1 Å². The lowest BCUT2D eigenvalue weighted by molar-refractivity contribution is -0.142. The predicted molar refractivity (Wildman–Crippen MR) is 91.9 cm³/mol. The van der Waals surface area contributed by atoms with Gasteiger partial charge in [-0.3, -0.25) is 4.79 Å². The minimum absolute atomic E-state index is 0.232. The van der Waals surface area contributed by atoms with Crippen molar-refractivity contribution in [2.75, 3.05) is 7.11 Å². The van der Waals surface area contributed by atoms with Gasteiger partial charge in [0.2, 0.25) is 0 Å². The van der Waals surface area contributed by atoms with Crippen molar-refractivity contribution in [3.05, 3.63) is 57.3 Å². The highest BCUT2D eigenvalue weighted by atomic mass is 32.1. The van der Waals surface area contributed by atoms with Crippen LogP contribution in [-0.2, 0) is 22.4 Å². The fraction of sp³-hybridized carbons (Fsp3) is 0.333. The lowest BCUT2D eigenvalue weighted by Gasteiger charge is -2.16. The van der Waals surface area contributed by atoms with Crippen LogP contribution in [0.3, 0.4) is 0 Å². The molecule has 0 bridgehead atoms. The van der Waals surface area contributed by atoms with Gasteiger partial charge in [-0.1, -0.05) is 37.3 Å². The van der Waals surface area contributed by atoms with Gasteiger partial charge in [0.05, 0.1) is 12.0 Å². The van der Waals surface area contributed by atoms with Crippen molar-refractivity contribution in [2.24, 2.45) is 0 Å². The van der Waals surface area contributed by atoms with Crippen molar-refractivity contribution >= 4 is 23.2 Å². The summed E-state index contributed by atoms with van der Waals surface area (Å²) in [6.45, 7) is 4.06. The molecule has 0 spiro atoms. The van der Waals surface area contributed by atoms with E-state index < -0.39 is 12.0 Å². The van der Waals surface area contributed by atoms with E-state index in [2.05, 4.69) is 12.2 Å². The molecule has 4 nitrogen and oxygen atoms in total. The van der Waals surface area contributed by atoms with E-state index in [1.165, 1.54) is 18.4 Å². The first kappa shape index (κ1) is 17.2. The summed E-state index contributed by atoms with van der Waals surface area (Å²) in [7, 11) is 1.33. The fourth-order valence-electron chi connectivity index (χ4n) is 2.40. The first-order valence-corrected chi connectivity index (χ1v) is 8.38. The highest BCUT2D eigenvalue weighted by Crippen LogP contribution is 2.22. The highest BCUT2D eigenvalue weighted by molar-refractivity contribution is 7.14. The summed E-state index contributed by atoms with van der Waals surface area (Å²) in [5.74, 6) is -0.671. The van der Waals surface area contributed by atoms with Gasteiger partial charge in [-0.05, 0) is 30.5 Å². The molecule has 1 aromatic carbocycles. The van der Waals surface area contributed by atoms with Crippen LogP contribution in [0.4, 0.5) is 0 Å². The Labute approximate surface area is 140 Å². The largest absolute Gasteiger partial charge is 0.467 e. The van der Waals surface area contributed by atoms with Gasteiger partial charge in [0, 0.05) is 11.3 Å². The normalized spacial score (nSPS) is 11.8. The van der Waals surface area contributed by atoms with Crippen molar-refractivity contribution in [1.82, 2.24) is 5.32 Å². The van der Waals surface area contributed by atoms with Crippen LogP contribution in [0.25, 0.3) is 0 Å². The third-order valence-electron chi connectivity index (χ3n) is 3.70. The van der Waals surface area contributed by atoms with Crippen LogP contribution in [0.15, 0.2) is 36.4 Å². The summed E-state index contributed by atoms with van der Waals surface area (Å²) in [6, 6.07) is 10.8. The molecular weight excluding hydrogens is 310 g/mol. The Balaban J connectivity index is 2.13. The van der Waals surface area contributed by atoms with Crippen LogP contribution >= 0.6 is 11.3 Å². The van der Waals surface area contributed by atoms with Crippen molar-refractivity contribution in [2.45, 2.75) is 32.7 Å². The molecule has 1 aromatic heterocycles. The number of nitrogens with one attached hydrogen (secondary N) is 1. The molecular formula is C18H21NO3S. The van der Waals surface area contributed by atoms with E-state index in [0.717, 1.165) is 22.4 Å². The fourth-order valence-corrected chi connectivity index (χ4v) is 3.41. The average Bonchev–Trinajstić information content (AvgIpc) is 2.95. The van der Waals surface area contributed by atoms with Gasteiger partial charge >= 0.3 is 5.97 Å². The lowest BCUT2D eigenvalue weighted by Crippen LogP contribution is -2.42. The van der Waals surface area contributed by atoms with E-state index in [1.54, 1.807) is 0 Å². The Morgan fingerprint density at radius 3 is 2.52 bits per heavy atom. The molecule has 0 aliphatic rings. The van der Waals surface area contributed by atoms with E-state index in [-0.39, 0.29) is 5.91 Å². The summed E-state index contributed by atoms with van der Waals surface area (Å²) >= 11 is 1.45. The van der Waals surface area contributed by atoms with E-state index in [0.29, 0.717) is 11.3 Å². The summed E-state index contributed by atoms with van der Waals surface area (Å²) < 4.78 is 4.82.